The molecule has 2 amide bonds. The van der Waals surface area contributed by atoms with Crippen LogP contribution in [-0.4, -0.2) is 23.4 Å². The summed E-state index contributed by atoms with van der Waals surface area (Å²) in [5, 5.41) is 3.71. The number of benzene rings is 1. The van der Waals surface area contributed by atoms with E-state index in [1.807, 2.05) is 0 Å². The lowest BCUT2D eigenvalue weighted by Gasteiger charge is -2.13. The molecule has 0 aliphatic carbocycles. The van der Waals surface area contributed by atoms with Gasteiger partial charge in [0.15, 0.2) is 6.61 Å². The van der Waals surface area contributed by atoms with Gasteiger partial charge in [0.2, 0.25) is 0 Å². The first-order valence-corrected chi connectivity index (χ1v) is 7.86. The monoisotopic (exact) mass is 333 g/mol. The maximum Gasteiger partial charge on any atom is 0.267 e. The summed E-state index contributed by atoms with van der Waals surface area (Å²) in [5.74, 6) is -0.236. The van der Waals surface area contributed by atoms with E-state index >= 15 is 0 Å². The molecule has 122 valence electrons. The number of hydrogen-bond acceptors (Lipinski definition) is 5. The van der Waals surface area contributed by atoms with Crippen molar-refractivity contribution >= 4 is 28.8 Å². The second-order valence-electron chi connectivity index (χ2n) is 6.01. The third kappa shape index (κ3) is 4.79. The molecule has 0 saturated carbocycles. The lowest BCUT2D eigenvalue weighted by Crippen LogP contribution is -2.20. The van der Waals surface area contributed by atoms with Crippen molar-refractivity contribution in [2.75, 3.05) is 11.9 Å². The Labute approximate surface area is 138 Å². The highest BCUT2D eigenvalue weighted by Crippen LogP contribution is 2.27. The molecule has 2 rings (SSSR count). The molecular weight excluding hydrogens is 314 g/mol. The lowest BCUT2D eigenvalue weighted by atomic mass is 9.98. The second kappa shape index (κ2) is 6.78. The summed E-state index contributed by atoms with van der Waals surface area (Å²) in [6, 6.07) is 6.71. The van der Waals surface area contributed by atoms with Gasteiger partial charge >= 0.3 is 0 Å². The van der Waals surface area contributed by atoms with Crippen molar-refractivity contribution in [2.24, 2.45) is 5.73 Å². The van der Waals surface area contributed by atoms with E-state index in [0.29, 0.717) is 16.3 Å². The number of primary amides is 1. The van der Waals surface area contributed by atoms with Gasteiger partial charge in [-0.05, 0) is 24.3 Å². The third-order valence-corrected chi connectivity index (χ3v) is 4.29. The Bertz CT molecular complexity index is 702. The fourth-order valence-corrected chi connectivity index (χ4v) is 2.58. The number of carbonyl (C=O) groups is 2. The van der Waals surface area contributed by atoms with Crippen molar-refractivity contribution in [1.82, 2.24) is 4.98 Å². The number of rotatable bonds is 5. The van der Waals surface area contributed by atoms with Crippen LogP contribution in [0.3, 0.4) is 0 Å². The topological polar surface area (TPSA) is 94.3 Å². The maximum atomic E-state index is 12.2. The molecule has 3 N–H and O–H groups in total. The van der Waals surface area contributed by atoms with E-state index in [1.54, 1.807) is 30.5 Å². The standard InChI is InChI=1S/C16H19N3O3S/c1-16(2,3)15-18-8-12(23-15)14(21)19-10-4-6-11(7-5-10)22-9-13(17)20/h4-8H,9H2,1-3H3,(H2,17,20)(H,19,21). The molecule has 6 nitrogen and oxygen atoms in total. The van der Waals surface area contributed by atoms with Crippen molar-refractivity contribution in [2.45, 2.75) is 26.2 Å². The van der Waals surface area contributed by atoms with Crippen LogP contribution in [0.15, 0.2) is 30.5 Å². The highest BCUT2D eigenvalue weighted by Gasteiger charge is 2.20. The number of aromatic nitrogens is 1. The van der Waals surface area contributed by atoms with Crippen LogP contribution in [0.25, 0.3) is 0 Å². The fourth-order valence-electron chi connectivity index (χ4n) is 1.71. The van der Waals surface area contributed by atoms with E-state index in [9.17, 15) is 9.59 Å². The second-order valence-corrected chi connectivity index (χ2v) is 7.04. The third-order valence-electron chi connectivity index (χ3n) is 2.86. The van der Waals surface area contributed by atoms with Crippen LogP contribution < -0.4 is 15.8 Å². The van der Waals surface area contributed by atoms with Crippen molar-refractivity contribution in [3.05, 3.63) is 40.3 Å². The molecule has 7 heteroatoms. The number of nitrogens with two attached hydrogens (primary N) is 1. The van der Waals surface area contributed by atoms with E-state index in [4.69, 9.17) is 10.5 Å². The van der Waals surface area contributed by atoms with Gasteiger partial charge in [-0.2, -0.15) is 0 Å². The summed E-state index contributed by atoms with van der Waals surface area (Å²) in [4.78, 5) is 27.7. The average molecular weight is 333 g/mol. The zero-order valence-corrected chi connectivity index (χ0v) is 14.1. The smallest absolute Gasteiger partial charge is 0.267 e. The molecule has 0 aliphatic rings. The molecule has 0 saturated heterocycles. The maximum absolute atomic E-state index is 12.2. The molecule has 0 spiro atoms. The van der Waals surface area contributed by atoms with Crippen LogP contribution in [0, 0.1) is 0 Å². The Morgan fingerprint density at radius 2 is 1.91 bits per heavy atom. The summed E-state index contributed by atoms with van der Waals surface area (Å²) < 4.78 is 5.16. The van der Waals surface area contributed by atoms with Gasteiger partial charge in [0.1, 0.15) is 10.6 Å². The molecule has 1 heterocycles. The number of carbonyl (C=O) groups excluding carboxylic acids is 2. The first kappa shape index (κ1) is 17.0. The fraction of sp³-hybridized carbons (Fsp3) is 0.312. The van der Waals surface area contributed by atoms with Crippen molar-refractivity contribution < 1.29 is 14.3 Å². The van der Waals surface area contributed by atoms with Crippen LogP contribution in [0.4, 0.5) is 5.69 Å². The van der Waals surface area contributed by atoms with Crippen LogP contribution in [0.5, 0.6) is 5.75 Å². The number of anilines is 1. The molecule has 23 heavy (non-hydrogen) atoms. The molecule has 0 unspecified atom stereocenters. The molecule has 0 radical (unpaired) electrons. The SMILES string of the molecule is CC(C)(C)c1ncc(C(=O)Nc2ccc(OCC(N)=O)cc2)s1. The highest BCUT2D eigenvalue weighted by molar-refractivity contribution is 7.13. The quantitative estimate of drug-likeness (QED) is 0.879. The number of hydrogen-bond donors (Lipinski definition) is 2. The molecule has 0 bridgehead atoms. The Balaban J connectivity index is 2.00. The molecule has 0 fully saturated rings. The van der Waals surface area contributed by atoms with E-state index in [-0.39, 0.29) is 17.9 Å². The molecule has 1 aromatic heterocycles. The number of ether oxygens (including phenoxy) is 1. The summed E-state index contributed by atoms with van der Waals surface area (Å²) >= 11 is 1.38. The zero-order chi connectivity index (χ0) is 17.0. The Morgan fingerprint density at radius 1 is 1.26 bits per heavy atom. The van der Waals surface area contributed by atoms with Gasteiger partial charge in [-0.15, -0.1) is 11.3 Å². The Morgan fingerprint density at radius 3 is 2.43 bits per heavy atom. The summed E-state index contributed by atoms with van der Waals surface area (Å²) in [7, 11) is 0. The Hall–Kier alpha value is -2.41. The Kier molecular flexibility index (Phi) is 5.00. The van der Waals surface area contributed by atoms with E-state index < -0.39 is 5.91 Å². The summed E-state index contributed by atoms with van der Waals surface area (Å²) in [6.07, 6.45) is 1.59. The van der Waals surface area contributed by atoms with Crippen molar-refractivity contribution in [3.63, 3.8) is 0 Å². The minimum Gasteiger partial charge on any atom is -0.484 e. The van der Waals surface area contributed by atoms with Crippen LogP contribution >= 0.6 is 11.3 Å². The molecule has 1 aromatic carbocycles. The predicted octanol–water partition coefficient (Wildman–Crippen LogP) is 2.56. The molecule has 0 aliphatic heterocycles. The zero-order valence-electron chi connectivity index (χ0n) is 13.3. The summed E-state index contributed by atoms with van der Waals surface area (Å²) in [5.41, 5.74) is 5.56. The molecule has 0 atom stereocenters. The minimum atomic E-state index is -0.540. The normalized spacial score (nSPS) is 11.1. The molecular formula is C16H19N3O3S. The number of nitrogens with one attached hydrogen (secondary N) is 1. The highest BCUT2D eigenvalue weighted by atomic mass is 32.1. The number of thiazole rings is 1. The molecule has 2 aromatic rings. The first-order valence-electron chi connectivity index (χ1n) is 7.04. The average Bonchev–Trinajstić information content (AvgIpc) is 2.96. The van der Waals surface area contributed by atoms with Crippen LogP contribution in [0.1, 0.15) is 35.5 Å². The summed E-state index contributed by atoms with van der Waals surface area (Å²) in [6.45, 7) is 5.98. The van der Waals surface area contributed by atoms with E-state index in [2.05, 4.69) is 31.1 Å². The van der Waals surface area contributed by atoms with Crippen LogP contribution in [0.2, 0.25) is 0 Å². The van der Waals surface area contributed by atoms with Gasteiger partial charge in [-0.3, -0.25) is 9.59 Å². The van der Waals surface area contributed by atoms with Gasteiger partial charge in [-0.1, -0.05) is 20.8 Å². The van der Waals surface area contributed by atoms with Gasteiger partial charge in [-0.25, -0.2) is 4.98 Å². The predicted molar refractivity (Wildman–Crippen MR) is 89.9 cm³/mol. The number of amides is 2. The van der Waals surface area contributed by atoms with Crippen LogP contribution in [-0.2, 0) is 10.2 Å². The largest absolute Gasteiger partial charge is 0.484 e. The lowest BCUT2D eigenvalue weighted by molar-refractivity contribution is -0.119. The minimum absolute atomic E-state index is 0.0807. The first-order chi connectivity index (χ1) is 10.8. The van der Waals surface area contributed by atoms with Gasteiger partial charge < -0.3 is 15.8 Å². The van der Waals surface area contributed by atoms with Gasteiger partial charge in [0.05, 0.1) is 11.2 Å². The van der Waals surface area contributed by atoms with Gasteiger partial charge in [0, 0.05) is 11.1 Å². The van der Waals surface area contributed by atoms with Crippen molar-refractivity contribution in [3.8, 4) is 5.75 Å². The van der Waals surface area contributed by atoms with E-state index in [0.717, 1.165) is 5.01 Å². The number of nitrogens with zero attached hydrogens (tertiary/aromatic N) is 1. The van der Waals surface area contributed by atoms with E-state index in [1.165, 1.54) is 11.3 Å². The van der Waals surface area contributed by atoms with Gasteiger partial charge in [0.25, 0.3) is 11.8 Å². The van der Waals surface area contributed by atoms with Crippen molar-refractivity contribution in [1.29, 1.82) is 0 Å².